The number of rotatable bonds is 22. The monoisotopic (exact) mass is 1050 g/mol. The van der Waals surface area contributed by atoms with Gasteiger partial charge in [0, 0.05) is 29.6 Å². The van der Waals surface area contributed by atoms with Crippen LogP contribution in [0.15, 0.2) is 152 Å². The van der Waals surface area contributed by atoms with Crippen LogP contribution in [0.4, 0.5) is 0 Å². The fraction of sp³-hybridized carbons (Fsp3) is 0.243. The summed E-state index contributed by atoms with van der Waals surface area (Å²) in [5, 5.41) is 26.0. The van der Waals surface area contributed by atoms with Crippen LogP contribution in [0.2, 0.25) is 0 Å². The summed E-state index contributed by atoms with van der Waals surface area (Å²) in [6, 6.07) is 47.3. The van der Waals surface area contributed by atoms with Crippen LogP contribution in [0.25, 0.3) is 0 Å². The van der Waals surface area contributed by atoms with Crippen LogP contribution < -0.4 is 5.32 Å². The molecule has 5 unspecified atom stereocenters. The lowest BCUT2D eigenvalue weighted by atomic mass is 9.97. The summed E-state index contributed by atoms with van der Waals surface area (Å²) in [4.78, 5) is 13.5. The molecule has 1 aliphatic rings. The molecule has 1 saturated heterocycles. The zero-order valence-corrected chi connectivity index (χ0v) is 44.0. The van der Waals surface area contributed by atoms with Crippen molar-refractivity contribution in [3.63, 3.8) is 0 Å². The maximum absolute atomic E-state index is 13.5. The molecule has 5 aromatic carbocycles. The number of carbonyl (C=O) groups excluding carboxylic acids is 1. The van der Waals surface area contributed by atoms with Gasteiger partial charge in [-0.25, -0.2) is 0 Å². The first-order valence-corrected chi connectivity index (χ1v) is 25.5. The van der Waals surface area contributed by atoms with Gasteiger partial charge in [-0.05, 0) is 142 Å². The zero-order valence-electron chi connectivity index (χ0n) is 44.0. The van der Waals surface area contributed by atoms with E-state index in [0.717, 1.165) is 27.8 Å². The number of aliphatic hydroxyl groups excluding tert-OH is 2. The highest BCUT2D eigenvalue weighted by Crippen LogP contribution is 2.32. The van der Waals surface area contributed by atoms with Crippen LogP contribution in [-0.2, 0) is 66.1 Å². The van der Waals surface area contributed by atoms with Crippen LogP contribution >= 0.6 is 0 Å². The lowest BCUT2D eigenvalue weighted by Crippen LogP contribution is -2.62. The molecule has 394 valence electrons. The number of hydrogen-bond acceptors (Lipinski definition) is 9. The third-order valence-corrected chi connectivity index (χ3v) is 11.5. The molecular formula is C70H55NO9. The molecule has 6 rings (SSSR count). The normalized spacial score (nSPS) is 16.2. The largest absolute Gasteiger partial charge is 0.390 e. The van der Waals surface area contributed by atoms with Crippen molar-refractivity contribution < 1.29 is 43.4 Å². The molecule has 5 aromatic rings. The highest BCUT2D eigenvalue weighted by atomic mass is 16.7. The fourth-order valence-corrected chi connectivity index (χ4v) is 7.62. The lowest BCUT2D eigenvalue weighted by molar-refractivity contribution is -0.329. The quantitative estimate of drug-likeness (QED) is 0.0659. The van der Waals surface area contributed by atoms with E-state index < -0.39 is 54.9 Å². The number of amides is 1. The predicted molar refractivity (Wildman–Crippen MR) is 306 cm³/mol. The minimum absolute atomic E-state index is 0.0707. The first-order valence-electron chi connectivity index (χ1n) is 25.5. The molecule has 3 N–H and O–H groups in total. The van der Waals surface area contributed by atoms with E-state index in [4.69, 9.17) is 28.4 Å². The number of carbonyl (C=O) groups is 1. The average molecular weight is 1050 g/mol. The molecule has 0 bridgehead atoms. The lowest BCUT2D eigenvalue weighted by Gasteiger charge is -2.46. The van der Waals surface area contributed by atoms with Crippen molar-refractivity contribution in [1.29, 1.82) is 0 Å². The molecule has 1 heterocycles. The second kappa shape index (κ2) is 36.4. The van der Waals surface area contributed by atoms with Gasteiger partial charge in [0.05, 0.1) is 51.8 Å². The molecule has 1 amide bonds. The van der Waals surface area contributed by atoms with Gasteiger partial charge in [-0.15, -0.1) is 0 Å². The van der Waals surface area contributed by atoms with Crippen molar-refractivity contribution in [2.45, 2.75) is 95.1 Å². The number of aliphatic hydroxyl groups is 2. The van der Waals surface area contributed by atoms with E-state index in [9.17, 15) is 15.0 Å². The minimum Gasteiger partial charge on any atom is -0.390 e. The van der Waals surface area contributed by atoms with E-state index >= 15 is 0 Å². The molecule has 0 spiro atoms. The summed E-state index contributed by atoms with van der Waals surface area (Å²) < 4.78 is 40.3. The fourth-order valence-electron chi connectivity index (χ4n) is 7.62. The van der Waals surface area contributed by atoms with Gasteiger partial charge in [0.2, 0.25) is 0 Å². The Bertz CT molecular complexity index is 3500. The third-order valence-electron chi connectivity index (χ3n) is 11.5. The third kappa shape index (κ3) is 22.9. The summed E-state index contributed by atoms with van der Waals surface area (Å²) in [5.41, 5.74) is 4.67. The predicted octanol–water partition coefficient (Wildman–Crippen LogP) is 6.60. The SMILES string of the molecule is CC#CC#CC#CC#CC#CC#CC#CC#CC#CC#CC#CC(=O)N[C@@H](COC1OC(COCc2ccccc2)C(OCc2ccccc2)C(OCc2ccccc2)C1OCc1ccccc1)[C@H](O)[C@H](O)CCc1ccccc1. The van der Waals surface area contributed by atoms with Crippen LogP contribution in [0.5, 0.6) is 0 Å². The molecule has 0 radical (unpaired) electrons. The summed E-state index contributed by atoms with van der Waals surface area (Å²) in [5.74, 6) is 54.8. The van der Waals surface area contributed by atoms with E-state index in [1.165, 1.54) is 0 Å². The summed E-state index contributed by atoms with van der Waals surface area (Å²) >= 11 is 0. The molecule has 0 aliphatic carbocycles. The van der Waals surface area contributed by atoms with Crippen LogP contribution in [0.1, 0.15) is 41.2 Å². The minimum atomic E-state index is -1.52. The van der Waals surface area contributed by atoms with Gasteiger partial charge in [0.25, 0.3) is 5.91 Å². The highest BCUT2D eigenvalue weighted by Gasteiger charge is 2.49. The number of hydrogen-bond donors (Lipinski definition) is 3. The van der Waals surface area contributed by atoms with E-state index in [0.29, 0.717) is 13.0 Å². The first kappa shape index (κ1) is 59.7. The van der Waals surface area contributed by atoms with Gasteiger partial charge in [0.1, 0.15) is 30.5 Å². The molecule has 0 saturated carbocycles. The highest BCUT2D eigenvalue weighted by molar-refractivity contribution is 5.94. The van der Waals surface area contributed by atoms with Crippen LogP contribution in [0, 0.1) is 130 Å². The maximum Gasteiger partial charge on any atom is 0.297 e. The topological polar surface area (TPSA) is 125 Å². The smallest absolute Gasteiger partial charge is 0.297 e. The van der Waals surface area contributed by atoms with Crippen molar-refractivity contribution in [3.05, 3.63) is 179 Å². The zero-order chi connectivity index (χ0) is 55.9. The molecule has 10 nitrogen and oxygen atoms in total. The second-order valence-corrected chi connectivity index (χ2v) is 17.2. The van der Waals surface area contributed by atoms with Gasteiger partial charge in [0.15, 0.2) is 6.29 Å². The molecule has 10 heteroatoms. The summed E-state index contributed by atoms with van der Waals surface area (Å²) in [7, 11) is 0. The van der Waals surface area contributed by atoms with E-state index in [1.807, 2.05) is 152 Å². The van der Waals surface area contributed by atoms with Crippen molar-refractivity contribution in [3.8, 4) is 130 Å². The van der Waals surface area contributed by atoms with Crippen molar-refractivity contribution in [2.24, 2.45) is 0 Å². The maximum atomic E-state index is 13.5. The van der Waals surface area contributed by atoms with Gasteiger partial charge in [-0.2, -0.15) is 0 Å². The molecule has 8 atom stereocenters. The molecule has 1 aliphatic heterocycles. The van der Waals surface area contributed by atoms with Crippen LogP contribution in [0.3, 0.4) is 0 Å². The number of nitrogens with one attached hydrogen (secondary N) is 1. The Morgan fingerprint density at radius 3 is 1.29 bits per heavy atom. The van der Waals surface area contributed by atoms with E-state index in [2.05, 4.69) is 136 Å². The number of ether oxygens (including phenoxy) is 6. The number of aryl methyl sites for hydroxylation is 1. The van der Waals surface area contributed by atoms with Crippen molar-refractivity contribution in [2.75, 3.05) is 13.2 Å². The Morgan fingerprint density at radius 1 is 0.475 bits per heavy atom. The standard InChI is InChI=1S/C70H55NO9/c1-2-3-4-5-6-7-8-9-10-11-12-13-14-15-16-17-18-19-20-21-37-48-65(73)71-62(66(74)63(72)50-49-57-38-27-22-28-39-57)55-79-70-69(78-54-61-46-35-26-36-47-61)68(77-53-60-44-33-25-34-45-60)67(76-52-59-42-31-24-32-43-59)64(80-70)56-75-51-58-40-29-23-30-41-58/h22-36,38-47,62-64,66-70,72,74H,49-56H2,1H3,(H,71,73)/t62-,63+,64?,66-,67?,68?,69?,70?/m0/s1. The number of benzene rings is 5. The van der Waals surface area contributed by atoms with E-state index in [1.54, 1.807) is 6.92 Å². The average Bonchev–Trinajstić information content (AvgIpc) is 3.56. The van der Waals surface area contributed by atoms with Gasteiger partial charge < -0.3 is 44.0 Å². The summed E-state index contributed by atoms with van der Waals surface area (Å²) in [6.45, 7) is 2.26. The Balaban J connectivity index is 1.22. The van der Waals surface area contributed by atoms with Crippen molar-refractivity contribution >= 4 is 5.91 Å². The summed E-state index contributed by atoms with van der Waals surface area (Å²) in [6.07, 6.45) is -6.67. The van der Waals surface area contributed by atoms with Crippen molar-refractivity contribution in [1.82, 2.24) is 5.32 Å². The second-order valence-electron chi connectivity index (χ2n) is 17.2. The molecule has 80 heavy (non-hydrogen) atoms. The van der Waals surface area contributed by atoms with Gasteiger partial charge >= 0.3 is 0 Å². The van der Waals surface area contributed by atoms with E-state index in [-0.39, 0.29) is 39.5 Å². The van der Waals surface area contributed by atoms with Gasteiger partial charge in [-0.1, -0.05) is 158 Å². The first-order chi connectivity index (χ1) is 39.5. The Morgan fingerprint density at radius 2 is 0.850 bits per heavy atom. The Hall–Kier alpha value is -9.59. The molecular weight excluding hydrogens is 999 g/mol. The van der Waals surface area contributed by atoms with Gasteiger partial charge in [-0.3, -0.25) is 4.79 Å². The molecule has 0 aromatic heterocycles. The Labute approximate surface area is 470 Å². The molecule has 1 fully saturated rings. The van der Waals surface area contributed by atoms with Crippen LogP contribution in [-0.4, -0.2) is 78.3 Å². The Kier molecular flexibility index (Phi) is 27.2.